The van der Waals surface area contributed by atoms with Crippen molar-refractivity contribution in [2.45, 2.75) is 19.8 Å². The number of ketones is 1. The van der Waals surface area contributed by atoms with Gasteiger partial charge < -0.3 is 9.84 Å². The fourth-order valence-electron chi connectivity index (χ4n) is 1.66. The number of rotatable bonds is 2. The summed E-state index contributed by atoms with van der Waals surface area (Å²) in [7, 11) is 0. The number of carbonyl (C=O) groups excluding carboxylic acids is 1. The Labute approximate surface area is 82.3 Å². The fourth-order valence-corrected chi connectivity index (χ4v) is 1.66. The lowest BCUT2D eigenvalue weighted by Gasteiger charge is -2.05. The van der Waals surface area contributed by atoms with Crippen LogP contribution in [0.3, 0.4) is 0 Å². The van der Waals surface area contributed by atoms with Gasteiger partial charge in [-0.1, -0.05) is 0 Å². The Morgan fingerprint density at radius 3 is 3.07 bits per heavy atom. The zero-order valence-corrected chi connectivity index (χ0v) is 8.04. The van der Waals surface area contributed by atoms with E-state index in [4.69, 9.17) is 4.74 Å². The van der Waals surface area contributed by atoms with Gasteiger partial charge in [-0.2, -0.15) is 0 Å². The highest BCUT2D eigenvalue weighted by Crippen LogP contribution is 2.32. The Morgan fingerprint density at radius 1 is 1.57 bits per heavy atom. The Hall–Kier alpha value is -1.51. The standard InChI is InChI=1S/C11H12O3/c1-7(12)4-9-6-11-8(2-3-14-11)5-10(9)13/h5-6,13H,2-4H2,1H3. The molecule has 0 unspecified atom stereocenters. The second-order valence-corrected chi connectivity index (χ2v) is 3.57. The first kappa shape index (κ1) is 9.06. The van der Waals surface area contributed by atoms with E-state index in [1.807, 2.05) is 0 Å². The second-order valence-electron chi connectivity index (χ2n) is 3.57. The summed E-state index contributed by atoms with van der Waals surface area (Å²) in [5, 5.41) is 9.62. The van der Waals surface area contributed by atoms with E-state index in [0.717, 1.165) is 17.7 Å². The average molecular weight is 192 g/mol. The van der Waals surface area contributed by atoms with E-state index in [0.29, 0.717) is 12.2 Å². The largest absolute Gasteiger partial charge is 0.508 e. The van der Waals surface area contributed by atoms with E-state index < -0.39 is 0 Å². The van der Waals surface area contributed by atoms with Crippen LogP contribution in [0.15, 0.2) is 12.1 Å². The van der Waals surface area contributed by atoms with Crippen molar-refractivity contribution in [1.82, 2.24) is 0 Å². The van der Waals surface area contributed by atoms with Gasteiger partial charge in [0.2, 0.25) is 0 Å². The molecule has 1 aromatic rings. The number of fused-ring (bicyclic) bond motifs is 1. The van der Waals surface area contributed by atoms with Gasteiger partial charge in [-0.3, -0.25) is 4.79 Å². The number of ether oxygens (including phenoxy) is 1. The van der Waals surface area contributed by atoms with Crippen molar-refractivity contribution in [1.29, 1.82) is 0 Å². The van der Waals surface area contributed by atoms with E-state index in [9.17, 15) is 9.90 Å². The highest BCUT2D eigenvalue weighted by atomic mass is 16.5. The van der Waals surface area contributed by atoms with Gasteiger partial charge in [0, 0.05) is 24.0 Å². The number of phenols is 1. The lowest BCUT2D eigenvalue weighted by molar-refractivity contribution is -0.116. The molecule has 74 valence electrons. The van der Waals surface area contributed by atoms with Gasteiger partial charge in [-0.05, 0) is 19.1 Å². The third kappa shape index (κ3) is 1.58. The minimum atomic E-state index is 0.0400. The van der Waals surface area contributed by atoms with E-state index in [1.54, 1.807) is 12.1 Å². The summed E-state index contributed by atoms with van der Waals surface area (Å²) in [5.74, 6) is 1.04. The molecule has 0 saturated carbocycles. The molecule has 0 fully saturated rings. The van der Waals surface area contributed by atoms with Crippen molar-refractivity contribution in [2.75, 3.05) is 6.61 Å². The molecule has 1 heterocycles. The van der Waals surface area contributed by atoms with Gasteiger partial charge in [0.1, 0.15) is 17.3 Å². The minimum Gasteiger partial charge on any atom is -0.508 e. The molecule has 0 spiro atoms. The normalized spacial score (nSPS) is 13.5. The van der Waals surface area contributed by atoms with Gasteiger partial charge in [0.05, 0.1) is 6.61 Å². The molecule has 0 saturated heterocycles. The van der Waals surface area contributed by atoms with Crippen LogP contribution in [-0.4, -0.2) is 17.5 Å². The molecule has 1 aliphatic rings. The molecule has 0 bridgehead atoms. The zero-order chi connectivity index (χ0) is 10.1. The van der Waals surface area contributed by atoms with Gasteiger partial charge in [-0.15, -0.1) is 0 Å². The van der Waals surface area contributed by atoms with Crippen LogP contribution < -0.4 is 4.74 Å². The first-order chi connectivity index (χ1) is 6.66. The summed E-state index contributed by atoms with van der Waals surface area (Å²) in [4.78, 5) is 10.9. The molecular formula is C11H12O3. The minimum absolute atomic E-state index is 0.0400. The number of benzene rings is 1. The summed E-state index contributed by atoms with van der Waals surface area (Å²) < 4.78 is 5.35. The zero-order valence-electron chi connectivity index (χ0n) is 8.04. The average Bonchev–Trinajstić information content (AvgIpc) is 2.51. The summed E-state index contributed by atoms with van der Waals surface area (Å²) in [6, 6.07) is 3.46. The Morgan fingerprint density at radius 2 is 2.36 bits per heavy atom. The molecule has 0 aliphatic carbocycles. The maximum atomic E-state index is 10.9. The lowest BCUT2D eigenvalue weighted by Crippen LogP contribution is -1.97. The molecule has 3 nitrogen and oxygen atoms in total. The van der Waals surface area contributed by atoms with Crippen molar-refractivity contribution >= 4 is 5.78 Å². The molecule has 0 atom stereocenters. The third-order valence-corrected chi connectivity index (χ3v) is 2.33. The molecule has 2 rings (SSSR count). The topological polar surface area (TPSA) is 46.5 Å². The SMILES string of the molecule is CC(=O)Cc1cc2c(cc1O)CCO2. The maximum absolute atomic E-state index is 10.9. The predicted octanol–water partition coefficient (Wildman–Crippen LogP) is 1.46. The molecule has 1 aliphatic heterocycles. The van der Waals surface area contributed by atoms with Gasteiger partial charge in [0.15, 0.2) is 0 Å². The highest BCUT2D eigenvalue weighted by Gasteiger charge is 2.16. The predicted molar refractivity (Wildman–Crippen MR) is 51.7 cm³/mol. The number of carbonyl (C=O) groups is 1. The smallest absolute Gasteiger partial charge is 0.134 e. The molecule has 0 amide bonds. The van der Waals surface area contributed by atoms with Crippen molar-refractivity contribution in [3.05, 3.63) is 23.3 Å². The number of hydrogen-bond acceptors (Lipinski definition) is 3. The fraction of sp³-hybridized carbons (Fsp3) is 0.364. The van der Waals surface area contributed by atoms with E-state index in [2.05, 4.69) is 0 Å². The van der Waals surface area contributed by atoms with Crippen molar-refractivity contribution in [3.63, 3.8) is 0 Å². The van der Waals surface area contributed by atoms with Crippen LogP contribution in [0.4, 0.5) is 0 Å². The van der Waals surface area contributed by atoms with Crippen LogP contribution in [0.5, 0.6) is 11.5 Å². The molecule has 14 heavy (non-hydrogen) atoms. The van der Waals surface area contributed by atoms with Crippen LogP contribution >= 0.6 is 0 Å². The second kappa shape index (κ2) is 3.33. The number of aromatic hydroxyl groups is 1. The third-order valence-electron chi connectivity index (χ3n) is 2.33. The molecular weight excluding hydrogens is 180 g/mol. The lowest BCUT2D eigenvalue weighted by atomic mass is 10.0. The van der Waals surface area contributed by atoms with E-state index >= 15 is 0 Å². The Kier molecular flexibility index (Phi) is 2.15. The van der Waals surface area contributed by atoms with Gasteiger partial charge in [-0.25, -0.2) is 0 Å². The van der Waals surface area contributed by atoms with Crippen LogP contribution in [0.2, 0.25) is 0 Å². The molecule has 1 N–H and O–H groups in total. The quantitative estimate of drug-likeness (QED) is 0.771. The number of Topliss-reactive ketones (excluding diaryl/α,β-unsaturated/α-hetero) is 1. The van der Waals surface area contributed by atoms with Crippen LogP contribution in [0, 0.1) is 0 Å². The van der Waals surface area contributed by atoms with Gasteiger partial charge >= 0.3 is 0 Å². The van der Waals surface area contributed by atoms with Crippen LogP contribution in [0.1, 0.15) is 18.1 Å². The summed E-state index contributed by atoms with van der Waals surface area (Å²) in [6.07, 6.45) is 1.10. The molecule has 0 radical (unpaired) electrons. The van der Waals surface area contributed by atoms with E-state index in [1.165, 1.54) is 6.92 Å². The first-order valence-corrected chi connectivity index (χ1v) is 4.64. The summed E-state index contributed by atoms with van der Waals surface area (Å²) in [6.45, 7) is 2.17. The van der Waals surface area contributed by atoms with Crippen molar-refractivity contribution < 1.29 is 14.6 Å². The van der Waals surface area contributed by atoms with E-state index in [-0.39, 0.29) is 18.0 Å². The number of phenolic OH excluding ortho intramolecular Hbond substituents is 1. The molecule has 3 heteroatoms. The monoisotopic (exact) mass is 192 g/mol. The van der Waals surface area contributed by atoms with Crippen molar-refractivity contribution in [3.8, 4) is 11.5 Å². The number of hydrogen-bond donors (Lipinski definition) is 1. The van der Waals surface area contributed by atoms with Crippen molar-refractivity contribution in [2.24, 2.45) is 0 Å². The van der Waals surface area contributed by atoms with Crippen LogP contribution in [-0.2, 0) is 17.6 Å². The Bertz CT molecular complexity index is 382. The maximum Gasteiger partial charge on any atom is 0.134 e. The summed E-state index contributed by atoms with van der Waals surface area (Å²) in [5.41, 5.74) is 1.67. The first-order valence-electron chi connectivity index (χ1n) is 4.64. The Balaban J connectivity index is 2.37. The van der Waals surface area contributed by atoms with Gasteiger partial charge in [0.25, 0.3) is 0 Å². The molecule has 0 aromatic heterocycles. The highest BCUT2D eigenvalue weighted by molar-refractivity contribution is 5.79. The van der Waals surface area contributed by atoms with Crippen LogP contribution in [0.25, 0.3) is 0 Å². The summed E-state index contributed by atoms with van der Waals surface area (Å²) >= 11 is 0. The molecule has 1 aromatic carbocycles.